The van der Waals surface area contributed by atoms with Crippen LogP contribution in [0.25, 0.3) is 0 Å². The van der Waals surface area contributed by atoms with Crippen LogP contribution < -0.4 is 4.90 Å². The summed E-state index contributed by atoms with van der Waals surface area (Å²) in [5, 5.41) is 7.94. The van der Waals surface area contributed by atoms with Gasteiger partial charge in [0.2, 0.25) is 0 Å². The van der Waals surface area contributed by atoms with Gasteiger partial charge in [0.05, 0.1) is 6.20 Å². The monoisotopic (exact) mass is 332 g/mol. The van der Waals surface area contributed by atoms with Crippen molar-refractivity contribution in [3.63, 3.8) is 0 Å². The van der Waals surface area contributed by atoms with Crippen molar-refractivity contribution in [1.29, 1.82) is 0 Å². The summed E-state index contributed by atoms with van der Waals surface area (Å²) in [6.45, 7) is 0. The molecule has 0 N–H and O–H groups in total. The Hall–Kier alpha value is -2.95. The molecule has 3 aromatic rings. The minimum Gasteiger partial charge on any atom is -0.303 e. The molecule has 0 saturated heterocycles. The highest BCUT2D eigenvalue weighted by molar-refractivity contribution is 6.05. The second kappa shape index (κ2) is 6.51. The van der Waals surface area contributed by atoms with Crippen molar-refractivity contribution < 1.29 is 4.79 Å². The molecule has 2 aromatic carbocycles. The fraction of sp³-hybridized carbons (Fsp3) is 0.250. The quantitative estimate of drug-likeness (QED) is 0.741. The highest BCUT2D eigenvalue weighted by Crippen LogP contribution is 2.33. The van der Waals surface area contributed by atoms with Crippen molar-refractivity contribution in [3.05, 3.63) is 77.6 Å². The molecule has 1 amide bonds. The molecule has 0 radical (unpaired) electrons. The average Bonchev–Trinajstić information content (AvgIpc) is 3.08. The number of carbonyl (C=O) groups is 1. The van der Waals surface area contributed by atoms with Crippen molar-refractivity contribution in [2.24, 2.45) is 7.05 Å². The zero-order valence-electron chi connectivity index (χ0n) is 14.2. The number of fused-ring (bicyclic) bond motifs is 1. The summed E-state index contributed by atoms with van der Waals surface area (Å²) in [7, 11) is 1.77. The molecule has 25 heavy (non-hydrogen) atoms. The van der Waals surface area contributed by atoms with Crippen LogP contribution in [0.15, 0.2) is 60.8 Å². The lowest BCUT2D eigenvalue weighted by atomic mass is 9.91. The predicted octanol–water partition coefficient (Wildman–Crippen LogP) is 3.02. The number of para-hydroxylation sites is 1. The lowest BCUT2D eigenvalue weighted by Crippen LogP contribution is -2.45. The molecular formula is C20H20N4O. The van der Waals surface area contributed by atoms with Crippen LogP contribution in [0.2, 0.25) is 0 Å². The Balaban J connectivity index is 1.72. The van der Waals surface area contributed by atoms with E-state index in [0.717, 1.165) is 24.9 Å². The smallest absolute Gasteiger partial charge is 0.280 e. The van der Waals surface area contributed by atoms with E-state index in [-0.39, 0.29) is 11.9 Å². The standard InChI is InChI=1S/C20H20N4O/c1-23-14-18(21-22-23)20(25)24-17(13-15-7-3-2-4-8-15)12-11-16-9-5-6-10-19(16)24/h2-10,14,17H,11-13H2,1H3. The maximum Gasteiger partial charge on any atom is 0.280 e. The van der Waals surface area contributed by atoms with E-state index >= 15 is 0 Å². The second-order valence-corrected chi connectivity index (χ2v) is 6.46. The van der Waals surface area contributed by atoms with Crippen LogP contribution >= 0.6 is 0 Å². The molecule has 5 nitrogen and oxygen atoms in total. The van der Waals surface area contributed by atoms with Gasteiger partial charge in [-0.3, -0.25) is 9.48 Å². The van der Waals surface area contributed by atoms with Gasteiger partial charge in [0.25, 0.3) is 5.91 Å². The van der Waals surface area contributed by atoms with E-state index < -0.39 is 0 Å². The van der Waals surface area contributed by atoms with Gasteiger partial charge in [-0.25, -0.2) is 0 Å². The fourth-order valence-corrected chi connectivity index (χ4v) is 3.53. The number of anilines is 1. The number of hydrogen-bond acceptors (Lipinski definition) is 3. The molecule has 4 rings (SSSR count). The zero-order chi connectivity index (χ0) is 17.2. The van der Waals surface area contributed by atoms with E-state index in [9.17, 15) is 4.79 Å². The molecule has 0 bridgehead atoms. The van der Waals surface area contributed by atoms with Crippen LogP contribution in [0.3, 0.4) is 0 Å². The largest absolute Gasteiger partial charge is 0.303 e. The molecule has 0 aliphatic carbocycles. The number of rotatable bonds is 3. The first-order valence-electron chi connectivity index (χ1n) is 8.54. The fourth-order valence-electron chi connectivity index (χ4n) is 3.53. The average molecular weight is 332 g/mol. The predicted molar refractivity (Wildman–Crippen MR) is 96.5 cm³/mol. The first kappa shape index (κ1) is 15.6. The minimum atomic E-state index is -0.0822. The second-order valence-electron chi connectivity index (χ2n) is 6.46. The number of carbonyl (C=O) groups excluding carboxylic acids is 1. The molecule has 1 aromatic heterocycles. The van der Waals surface area contributed by atoms with E-state index in [4.69, 9.17) is 0 Å². The number of hydrogen-bond donors (Lipinski definition) is 0. The first-order valence-corrected chi connectivity index (χ1v) is 8.54. The number of aryl methyl sites for hydroxylation is 2. The Morgan fingerprint density at radius 1 is 1.12 bits per heavy atom. The zero-order valence-corrected chi connectivity index (χ0v) is 14.2. The van der Waals surface area contributed by atoms with Crippen molar-refractivity contribution in [3.8, 4) is 0 Å². The molecule has 2 heterocycles. The molecule has 0 spiro atoms. The van der Waals surface area contributed by atoms with Crippen LogP contribution in [-0.4, -0.2) is 26.9 Å². The molecule has 0 fully saturated rings. The SMILES string of the molecule is Cn1cc(C(=O)N2c3ccccc3CCC2Cc2ccccc2)nn1. The van der Waals surface area contributed by atoms with Crippen molar-refractivity contribution >= 4 is 11.6 Å². The van der Waals surface area contributed by atoms with Crippen molar-refractivity contribution in [2.75, 3.05) is 4.90 Å². The summed E-state index contributed by atoms with van der Waals surface area (Å²) in [6, 6.07) is 18.6. The highest BCUT2D eigenvalue weighted by Gasteiger charge is 2.32. The van der Waals surface area contributed by atoms with Gasteiger partial charge in [-0.1, -0.05) is 53.7 Å². The lowest BCUT2D eigenvalue weighted by molar-refractivity contribution is 0.0968. The first-order chi connectivity index (χ1) is 12.2. The Kier molecular flexibility index (Phi) is 4.06. The molecule has 1 unspecified atom stereocenters. The van der Waals surface area contributed by atoms with Crippen LogP contribution in [0.4, 0.5) is 5.69 Å². The summed E-state index contributed by atoms with van der Waals surface area (Å²) < 4.78 is 1.56. The molecule has 126 valence electrons. The third-order valence-corrected chi connectivity index (χ3v) is 4.72. The van der Waals surface area contributed by atoms with Crippen LogP contribution in [0, 0.1) is 0 Å². The van der Waals surface area contributed by atoms with E-state index in [1.54, 1.807) is 17.9 Å². The number of aromatic nitrogens is 3. The summed E-state index contributed by atoms with van der Waals surface area (Å²) in [5.74, 6) is -0.0822. The van der Waals surface area contributed by atoms with Gasteiger partial charge in [0, 0.05) is 18.8 Å². The Morgan fingerprint density at radius 3 is 2.64 bits per heavy atom. The summed E-state index contributed by atoms with van der Waals surface area (Å²) in [6.07, 6.45) is 4.44. The van der Waals surface area contributed by atoms with Gasteiger partial charge in [0.15, 0.2) is 5.69 Å². The van der Waals surface area contributed by atoms with Crippen LogP contribution in [0.5, 0.6) is 0 Å². The van der Waals surface area contributed by atoms with Gasteiger partial charge in [-0.15, -0.1) is 5.10 Å². The van der Waals surface area contributed by atoms with E-state index in [2.05, 4.69) is 28.5 Å². The number of benzene rings is 2. The van der Waals surface area contributed by atoms with Crippen molar-refractivity contribution in [1.82, 2.24) is 15.0 Å². The van der Waals surface area contributed by atoms with Crippen LogP contribution in [-0.2, 0) is 19.9 Å². The molecule has 1 aliphatic heterocycles. The van der Waals surface area contributed by atoms with Gasteiger partial charge >= 0.3 is 0 Å². The Labute approximate surface area is 146 Å². The summed E-state index contributed by atoms with van der Waals surface area (Å²) in [4.78, 5) is 15.1. The highest BCUT2D eigenvalue weighted by atomic mass is 16.2. The van der Waals surface area contributed by atoms with Gasteiger partial charge in [-0.2, -0.15) is 0 Å². The maximum absolute atomic E-state index is 13.2. The normalized spacial score (nSPS) is 16.5. The van der Waals surface area contributed by atoms with E-state index in [1.165, 1.54) is 11.1 Å². The topological polar surface area (TPSA) is 51.0 Å². The summed E-state index contributed by atoms with van der Waals surface area (Å²) in [5.41, 5.74) is 3.83. The van der Waals surface area contributed by atoms with E-state index in [1.807, 2.05) is 41.3 Å². The molecule has 1 atom stereocenters. The Morgan fingerprint density at radius 2 is 1.88 bits per heavy atom. The van der Waals surface area contributed by atoms with Gasteiger partial charge in [0.1, 0.15) is 0 Å². The van der Waals surface area contributed by atoms with Crippen molar-refractivity contribution in [2.45, 2.75) is 25.3 Å². The summed E-state index contributed by atoms with van der Waals surface area (Å²) >= 11 is 0. The molecule has 1 aliphatic rings. The van der Waals surface area contributed by atoms with E-state index in [0.29, 0.717) is 5.69 Å². The Bertz CT molecular complexity index is 887. The maximum atomic E-state index is 13.2. The lowest BCUT2D eigenvalue weighted by Gasteiger charge is -2.37. The minimum absolute atomic E-state index is 0.0822. The molecule has 5 heteroatoms. The number of nitrogens with zero attached hydrogens (tertiary/aromatic N) is 4. The third kappa shape index (κ3) is 3.05. The third-order valence-electron chi connectivity index (χ3n) is 4.72. The van der Waals surface area contributed by atoms with Gasteiger partial charge < -0.3 is 4.90 Å². The number of amides is 1. The van der Waals surface area contributed by atoms with Gasteiger partial charge in [-0.05, 0) is 36.5 Å². The molecule has 0 saturated carbocycles. The van der Waals surface area contributed by atoms with Crippen LogP contribution in [0.1, 0.15) is 28.0 Å². The molecular weight excluding hydrogens is 312 g/mol.